The zero-order valence-electron chi connectivity index (χ0n) is 16.0. The van der Waals surface area contributed by atoms with E-state index in [0.717, 1.165) is 29.4 Å². The molecule has 0 unspecified atom stereocenters. The molecule has 0 aliphatic rings. The number of fused-ring (bicyclic) bond motifs is 1. The van der Waals surface area contributed by atoms with Crippen LogP contribution >= 0.6 is 0 Å². The quantitative estimate of drug-likeness (QED) is 0.593. The highest BCUT2D eigenvalue weighted by molar-refractivity contribution is 5.97. The van der Waals surface area contributed by atoms with Gasteiger partial charge in [-0.2, -0.15) is 0 Å². The maximum absolute atomic E-state index is 11.9. The second-order valence-electron chi connectivity index (χ2n) is 6.35. The summed E-state index contributed by atoms with van der Waals surface area (Å²) in [6.45, 7) is 6.09. The second kappa shape index (κ2) is 8.12. The number of carbonyl (C=O) groups excluding carboxylic acids is 1. The Labute approximate surface area is 158 Å². The van der Waals surface area contributed by atoms with Crippen LogP contribution in [0.5, 0.6) is 17.2 Å². The SMILES string of the molecule is CCC(CC)Oc1cc(Oc2ccc(C)nc2)cc2cc(C(=O)OC)[nH]c12. The molecule has 2 heterocycles. The van der Waals surface area contributed by atoms with Gasteiger partial charge in [0, 0.05) is 17.1 Å². The number of esters is 1. The van der Waals surface area contributed by atoms with E-state index in [1.54, 1.807) is 12.3 Å². The number of hydrogen-bond donors (Lipinski definition) is 1. The number of aromatic nitrogens is 2. The lowest BCUT2D eigenvalue weighted by molar-refractivity contribution is 0.0595. The van der Waals surface area contributed by atoms with Gasteiger partial charge in [0.05, 0.1) is 24.9 Å². The fraction of sp³-hybridized carbons (Fsp3) is 0.333. The number of methoxy groups -OCH3 is 1. The van der Waals surface area contributed by atoms with Crippen molar-refractivity contribution in [2.75, 3.05) is 7.11 Å². The topological polar surface area (TPSA) is 73.4 Å². The molecule has 6 nitrogen and oxygen atoms in total. The van der Waals surface area contributed by atoms with Crippen LogP contribution in [0.1, 0.15) is 42.9 Å². The Kier molecular flexibility index (Phi) is 5.64. The molecule has 3 aromatic rings. The number of hydrogen-bond acceptors (Lipinski definition) is 5. The van der Waals surface area contributed by atoms with Crippen LogP contribution in [0.15, 0.2) is 36.5 Å². The number of aryl methyl sites for hydroxylation is 1. The fourth-order valence-electron chi connectivity index (χ4n) is 2.84. The van der Waals surface area contributed by atoms with Gasteiger partial charge in [-0.1, -0.05) is 13.8 Å². The van der Waals surface area contributed by atoms with Gasteiger partial charge in [0.25, 0.3) is 0 Å². The maximum Gasteiger partial charge on any atom is 0.354 e. The summed E-state index contributed by atoms with van der Waals surface area (Å²) in [6, 6.07) is 9.18. The first kappa shape index (κ1) is 18.8. The van der Waals surface area contributed by atoms with E-state index in [1.807, 2.05) is 31.2 Å². The van der Waals surface area contributed by atoms with Crippen molar-refractivity contribution in [1.29, 1.82) is 0 Å². The Hall–Kier alpha value is -3.02. The first-order chi connectivity index (χ1) is 13.0. The molecule has 0 amide bonds. The van der Waals surface area contributed by atoms with Gasteiger partial charge in [-0.25, -0.2) is 4.79 Å². The molecule has 1 N–H and O–H groups in total. The lowest BCUT2D eigenvalue weighted by Gasteiger charge is -2.17. The van der Waals surface area contributed by atoms with Gasteiger partial charge in [-0.3, -0.25) is 4.98 Å². The summed E-state index contributed by atoms with van der Waals surface area (Å²) in [5.41, 5.74) is 2.04. The van der Waals surface area contributed by atoms with E-state index in [0.29, 0.717) is 22.9 Å². The van der Waals surface area contributed by atoms with E-state index in [4.69, 9.17) is 14.2 Å². The summed E-state index contributed by atoms with van der Waals surface area (Å²) >= 11 is 0. The summed E-state index contributed by atoms with van der Waals surface area (Å²) in [6.07, 6.45) is 3.53. The number of nitrogens with zero attached hydrogens (tertiary/aromatic N) is 1. The highest BCUT2D eigenvalue weighted by Crippen LogP contribution is 2.35. The minimum absolute atomic E-state index is 0.0781. The molecule has 0 saturated carbocycles. The van der Waals surface area contributed by atoms with Gasteiger partial charge < -0.3 is 19.2 Å². The molecule has 3 rings (SSSR count). The summed E-state index contributed by atoms with van der Waals surface area (Å²) < 4.78 is 16.9. The summed E-state index contributed by atoms with van der Waals surface area (Å²) in [7, 11) is 1.36. The summed E-state index contributed by atoms with van der Waals surface area (Å²) in [5, 5.41) is 0.814. The average molecular weight is 368 g/mol. The normalized spacial score (nSPS) is 11.0. The molecule has 0 aliphatic carbocycles. The summed E-state index contributed by atoms with van der Waals surface area (Å²) in [4.78, 5) is 19.3. The Morgan fingerprint density at radius 2 is 1.93 bits per heavy atom. The van der Waals surface area contributed by atoms with Crippen LogP contribution in [0.4, 0.5) is 0 Å². The third-order valence-electron chi connectivity index (χ3n) is 4.40. The molecular weight excluding hydrogens is 344 g/mol. The fourth-order valence-corrected chi connectivity index (χ4v) is 2.84. The number of rotatable bonds is 7. The van der Waals surface area contributed by atoms with Crippen molar-refractivity contribution in [1.82, 2.24) is 9.97 Å². The molecule has 6 heteroatoms. The minimum atomic E-state index is -0.426. The van der Waals surface area contributed by atoms with E-state index in [-0.39, 0.29) is 6.10 Å². The van der Waals surface area contributed by atoms with Gasteiger partial charge in [-0.15, -0.1) is 0 Å². The number of pyridine rings is 1. The Bertz CT molecular complexity index is 927. The predicted octanol–water partition coefficient (Wildman–Crippen LogP) is 5.02. The Balaban J connectivity index is 2.03. The second-order valence-corrected chi connectivity index (χ2v) is 6.35. The predicted molar refractivity (Wildman–Crippen MR) is 104 cm³/mol. The van der Waals surface area contributed by atoms with Crippen LogP contribution in [0.3, 0.4) is 0 Å². The van der Waals surface area contributed by atoms with E-state index >= 15 is 0 Å². The first-order valence-corrected chi connectivity index (χ1v) is 9.06. The van der Waals surface area contributed by atoms with E-state index in [1.165, 1.54) is 7.11 Å². The molecule has 142 valence electrons. The molecule has 0 saturated heterocycles. The smallest absolute Gasteiger partial charge is 0.354 e. The van der Waals surface area contributed by atoms with Gasteiger partial charge in [0.1, 0.15) is 22.9 Å². The van der Waals surface area contributed by atoms with Crippen LogP contribution in [-0.2, 0) is 4.74 Å². The summed E-state index contributed by atoms with van der Waals surface area (Å²) in [5.74, 6) is 1.47. The highest BCUT2D eigenvalue weighted by atomic mass is 16.5. The van der Waals surface area contributed by atoms with Gasteiger partial charge in [-0.05, 0) is 44.0 Å². The third-order valence-corrected chi connectivity index (χ3v) is 4.40. The van der Waals surface area contributed by atoms with E-state index < -0.39 is 5.97 Å². The molecule has 0 radical (unpaired) electrons. The van der Waals surface area contributed by atoms with Crippen molar-refractivity contribution in [2.45, 2.75) is 39.7 Å². The molecule has 0 aliphatic heterocycles. The number of H-pyrrole nitrogens is 1. The zero-order chi connectivity index (χ0) is 19.4. The zero-order valence-corrected chi connectivity index (χ0v) is 16.0. The molecule has 1 aromatic carbocycles. The maximum atomic E-state index is 11.9. The van der Waals surface area contributed by atoms with Crippen LogP contribution < -0.4 is 9.47 Å². The number of carbonyl (C=O) groups is 1. The van der Waals surface area contributed by atoms with Crippen molar-refractivity contribution >= 4 is 16.9 Å². The van der Waals surface area contributed by atoms with Crippen LogP contribution in [-0.4, -0.2) is 29.2 Å². The number of aromatic amines is 1. The van der Waals surface area contributed by atoms with Crippen molar-refractivity contribution in [3.63, 3.8) is 0 Å². The molecule has 0 fully saturated rings. The Morgan fingerprint density at radius 1 is 1.15 bits per heavy atom. The lowest BCUT2D eigenvalue weighted by Crippen LogP contribution is -2.14. The van der Waals surface area contributed by atoms with Gasteiger partial charge in [0.2, 0.25) is 0 Å². The number of ether oxygens (including phenoxy) is 3. The monoisotopic (exact) mass is 368 g/mol. The molecule has 2 aromatic heterocycles. The minimum Gasteiger partial charge on any atom is -0.488 e. The van der Waals surface area contributed by atoms with E-state index in [9.17, 15) is 4.79 Å². The van der Waals surface area contributed by atoms with Crippen LogP contribution in [0.2, 0.25) is 0 Å². The average Bonchev–Trinajstić information content (AvgIpc) is 3.11. The molecule has 27 heavy (non-hydrogen) atoms. The van der Waals surface area contributed by atoms with Crippen molar-refractivity contribution in [3.8, 4) is 17.2 Å². The number of nitrogens with one attached hydrogen (secondary N) is 1. The molecular formula is C21H24N2O4. The van der Waals surface area contributed by atoms with Crippen molar-refractivity contribution in [2.24, 2.45) is 0 Å². The van der Waals surface area contributed by atoms with Crippen molar-refractivity contribution < 1.29 is 19.0 Å². The highest BCUT2D eigenvalue weighted by Gasteiger charge is 2.17. The largest absolute Gasteiger partial charge is 0.488 e. The molecule has 0 spiro atoms. The van der Waals surface area contributed by atoms with Crippen LogP contribution in [0.25, 0.3) is 10.9 Å². The first-order valence-electron chi connectivity index (χ1n) is 9.06. The van der Waals surface area contributed by atoms with Gasteiger partial charge in [0.15, 0.2) is 0 Å². The standard InChI is InChI=1S/C21H24N2O4/c1-5-15(6-2)27-19-11-17(26-16-8-7-13(3)22-12-16)9-14-10-18(21(24)25-4)23-20(14)19/h7-12,15,23H,5-6H2,1-4H3. The van der Waals surface area contributed by atoms with Gasteiger partial charge >= 0.3 is 5.97 Å². The molecule has 0 atom stereocenters. The Morgan fingerprint density at radius 3 is 2.56 bits per heavy atom. The van der Waals surface area contributed by atoms with Crippen LogP contribution in [0, 0.1) is 6.92 Å². The lowest BCUT2D eigenvalue weighted by atomic mass is 10.2. The third kappa shape index (κ3) is 4.22. The van der Waals surface area contributed by atoms with Crippen molar-refractivity contribution in [3.05, 3.63) is 47.9 Å². The molecule has 0 bridgehead atoms. The number of benzene rings is 1. The van der Waals surface area contributed by atoms with E-state index in [2.05, 4.69) is 23.8 Å².